The monoisotopic (exact) mass is 689 g/mol. The van der Waals surface area contributed by atoms with Crippen molar-refractivity contribution in [2.45, 2.75) is 0 Å². The maximum absolute atomic E-state index is 6.83. The van der Waals surface area contributed by atoms with Gasteiger partial charge in [0.25, 0.3) is 0 Å². The average Bonchev–Trinajstić information content (AvgIpc) is 3.79. The molecule has 0 amide bonds. The van der Waals surface area contributed by atoms with Gasteiger partial charge in [0.1, 0.15) is 11.2 Å². The number of aromatic nitrogens is 3. The summed E-state index contributed by atoms with van der Waals surface area (Å²) in [5.41, 5.74) is 13.2. The molecule has 11 aromatic rings. The molecule has 0 atom stereocenters. The van der Waals surface area contributed by atoms with E-state index in [4.69, 9.17) is 14.4 Å². The highest BCUT2D eigenvalue weighted by atomic mass is 16.3. The zero-order chi connectivity index (χ0) is 35.6. The highest BCUT2D eigenvalue weighted by Gasteiger charge is 2.21. The Bertz CT molecular complexity index is 3140. The molecule has 0 unspecified atom stereocenters. The largest absolute Gasteiger partial charge is 0.456 e. The number of fused-ring (bicyclic) bond motifs is 7. The second kappa shape index (κ2) is 12.1. The van der Waals surface area contributed by atoms with Crippen molar-refractivity contribution >= 4 is 54.6 Å². The molecule has 252 valence electrons. The van der Waals surface area contributed by atoms with Gasteiger partial charge in [-0.25, -0.2) is 9.97 Å². The average molecular weight is 690 g/mol. The van der Waals surface area contributed by atoms with E-state index in [1.807, 2.05) is 18.2 Å². The zero-order valence-corrected chi connectivity index (χ0v) is 29.1. The molecular weight excluding hydrogens is 659 g/mol. The fourth-order valence-electron chi connectivity index (χ4n) is 8.08. The van der Waals surface area contributed by atoms with Gasteiger partial charge < -0.3 is 8.98 Å². The normalized spacial score (nSPS) is 11.7. The van der Waals surface area contributed by atoms with E-state index in [1.54, 1.807) is 0 Å². The van der Waals surface area contributed by atoms with E-state index in [1.165, 1.54) is 21.9 Å². The third-order valence-electron chi connectivity index (χ3n) is 10.6. The van der Waals surface area contributed by atoms with Crippen LogP contribution < -0.4 is 0 Å². The van der Waals surface area contributed by atoms with Gasteiger partial charge in [0, 0.05) is 49.8 Å². The molecule has 4 nitrogen and oxygen atoms in total. The maximum Gasteiger partial charge on any atom is 0.161 e. The van der Waals surface area contributed by atoms with Crippen LogP contribution in [0.3, 0.4) is 0 Å². The first-order valence-electron chi connectivity index (χ1n) is 18.2. The van der Waals surface area contributed by atoms with Gasteiger partial charge in [-0.15, -0.1) is 0 Å². The van der Waals surface area contributed by atoms with Crippen molar-refractivity contribution in [2.75, 3.05) is 0 Å². The number of hydrogen-bond acceptors (Lipinski definition) is 3. The van der Waals surface area contributed by atoms with Gasteiger partial charge in [0.05, 0.1) is 22.2 Å². The molecule has 0 aliphatic rings. The Labute approximate surface area is 311 Å². The van der Waals surface area contributed by atoms with Crippen LogP contribution in [0.4, 0.5) is 0 Å². The lowest BCUT2D eigenvalue weighted by atomic mass is 9.97. The van der Waals surface area contributed by atoms with Crippen molar-refractivity contribution in [3.63, 3.8) is 0 Å². The SMILES string of the molecule is c1ccc(-c2ccc(-c3nc(-c4cc(-c5ccccc5)cc5oc6cc(-n7c8ccccc8c8ccccc87)ccc6c45)nc4ccccc34)cc2)cc1. The van der Waals surface area contributed by atoms with Crippen LogP contribution in [0.2, 0.25) is 0 Å². The summed E-state index contributed by atoms with van der Waals surface area (Å²) in [6.45, 7) is 0. The molecule has 3 aromatic heterocycles. The number of furan rings is 1. The van der Waals surface area contributed by atoms with E-state index in [0.29, 0.717) is 5.82 Å². The highest BCUT2D eigenvalue weighted by Crippen LogP contribution is 2.42. The summed E-state index contributed by atoms with van der Waals surface area (Å²) in [5.74, 6) is 0.660. The molecule has 0 saturated heterocycles. The lowest BCUT2D eigenvalue weighted by molar-refractivity contribution is 0.669. The van der Waals surface area contributed by atoms with Crippen LogP contribution in [0, 0.1) is 0 Å². The van der Waals surface area contributed by atoms with Gasteiger partial charge in [0.2, 0.25) is 0 Å². The molecule has 0 saturated carbocycles. The van der Waals surface area contributed by atoms with Crippen LogP contribution in [0.15, 0.2) is 192 Å². The Morgan fingerprint density at radius 2 is 0.963 bits per heavy atom. The van der Waals surface area contributed by atoms with E-state index >= 15 is 0 Å². The summed E-state index contributed by atoms with van der Waals surface area (Å²) in [7, 11) is 0. The summed E-state index contributed by atoms with van der Waals surface area (Å²) in [6, 6.07) is 66.0. The second-order valence-corrected chi connectivity index (χ2v) is 13.8. The topological polar surface area (TPSA) is 43.9 Å². The molecule has 0 bridgehead atoms. The van der Waals surface area contributed by atoms with Crippen LogP contribution >= 0.6 is 0 Å². The molecule has 0 aliphatic heterocycles. The van der Waals surface area contributed by atoms with Crippen LogP contribution in [0.5, 0.6) is 0 Å². The lowest BCUT2D eigenvalue weighted by Gasteiger charge is -2.12. The van der Waals surface area contributed by atoms with Crippen molar-refractivity contribution in [2.24, 2.45) is 0 Å². The molecule has 4 heteroatoms. The molecule has 8 aromatic carbocycles. The first-order valence-corrected chi connectivity index (χ1v) is 18.2. The third-order valence-corrected chi connectivity index (χ3v) is 10.6. The lowest BCUT2D eigenvalue weighted by Crippen LogP contribution is -1.96. The van der Waals surface area contributed by atoms with Crippen molar-refractivity contribution in [1.82, 2.24) is 14.5 Å². The standard InChI is InChI=1S/C50H31N3O/c1-3-13-32(14-4-1)34-23-25-35(26-24-34)49-40-19-7-10-20-43(40)51-50(52-49)42-29-36(33-15-5-2-6-16-33)30-47-48(42)41-28-27-37(31-46(41)54-47)53-44-21-11-8-17-38(44)39-18-9-12-22-45(39)53/h1-31H. The van der Waals surface area contributed by atoms with Crippen LogP contribution in [0.1, 0.15) is 0 Å². The maximum atomic E-state index is 6.83. The molecule has 3 heterocycles. The third kappa shape index (κ3) is 4.85. The Morgan fingerprint density at radius 3 is 1.67 bits per heavy atom. The van der Waals surface area contributed by atoms with Crippen molar-refractivity contribution in [3.8, 4) is 50.6 Å². The van der Waals surface area contributed by atoms with Gasteiger partial charge in [-0.05, 0) is 64.7 Å². The van der Waals surface area contributed by atoms with Crippen molar-refractivity contribution in [1.29, 1.82) is 0 Å². The first kappa shape index (κ1) is 30.3. The quantitative estimate of drug-likeness (QED) is 0.181. The van der Waals surface area contributed by atoms with Gasteiger partial charge in [-0.2, -0.15) is 0 Å². The molecular formula is C50H31N3O. The van der Waals surface area contributed by atoms with Gasteiger partial charge in [0.15, 0.2) is 5.82 Å². The molecule has 0 fully saturated rings. The van der Waals surface area contributed by atoms with E-state index in [0.717, 1.165) is 77.5 Å². The minimum absolute atomic E-state index is 0.660. The number of benzene rings is 8. The second-order valence-electron chi connectivity index (χ2n) is 13.8. The first-order chi connectivity index (χ1) is 26.8. The minimum atomic E-state index is 0.660. The number of para-hydroxylation sites is 3. The number of nitrogens with zero attached hydrogens (tertiary/aromatic N) is 3. The fourth-order valence-corrected chi connectivity index (χ4v) is 8.08. The van der Waals surface area contributed by atoms with Gasteiger partial charge >= 0.3 is 0 Å². The Morgan fingerprint density at radius 1 is 0.389 bits per heavy atom. The summed E-state index contributed by atoms with van der Waals surface area (Å²) in [4.78, 5) is 10.6. The van der Waals surface area contributed by atoms with Gasteiger partial charge in [-0.3, -0.25) is 0 Å². The molecule has 54 heavy (non-hydrogen) atoms. The summed E-state index contributed by atoms with van der Waals surface area (Å²) in [6.07, 6.45) is 0. The Balaban J connectivity index is 1.14. The predicted octanol–water partition coefficient (Wildman–Crippen LogP) is 13.3. The summed E-state index contributed by atoms with van der Waals surface area (Å²) >= 11 is 0. The molecule has 0 aliphatic carbocycles. The Hall–Kier alpha value is -7.30. The number of hydrogen-bond donors (Lipinski definition) is 0. The number of rotatable bonds is 5. The van der Waals surface area contributed by atoms with Crippen LogP contribution in [-0.2, 0) is 0 Å². The zero-order valence-electron chi connectivity index (χ0n) is 29.1. The Kier molecular flexibility index (Phi) is 6.82. The smallest absolute Gasteiger partial charge is 0.161 e. The fraction of sp³-hybridized carbons (Fsp3) is 0. The van der Waals surface area contributed by atoms with Crippen LogP contribution in [0.25, 0.3) is 105 Å². The molecule has 0 radical (unpaired) electrons. The summed E-state index contributed by atoms with van der Waals surface area (Å²) < 4.78 is 9.16. The highest BCUT2D eigenvalue weighted by molar-refractivity contribution is 6.14. The van der Waals surface area contributed by atoms with E-state index < -0.39 is 0 Å². The van der Waals surface area contributed by atoms with E-state index in [-0.39, 0.29) is 0 Å². The van der Waals surface area contributed by atoms with Crippen molar-refractivity contribution in [3.05, 3.63) is 188 Å². The summed E-state index contributed by atoms with van der Waals surface area (Å²) in [5, 5.41) is 5.49. The predicted molar refractivity (Wildman–Crippen MR) is 223 cm³/mol. The molecule has 0 N–H and O–H groups in total. The van der Waals surface area contributed by atoms with Gasteiger partial charge in [-0.1, -0.05) is 140 Å². The van der Waals surface area contributed by atoms with Crippen LogP contribution in [-0.4, -0.2) is 14.5 Å². The molecule has 11 rings (SSSR count). The molecule has 0 spiro atoms. The van der Waals surface area contributed by atoms with E-state index in [2.05, 4.69) is 174 Å². The van der Waals surface area contributed by atoms with E-state index in [9.17, 15) is 0 Å². The van der Waals surface area contributed by atoms with Crippen molar-refractivity contribution < 1.29 is 4.42 Å². The minimum Gasteiger partial charge on any atom is -0.456 e.